The summed E-state index contributed by atoms with van der Waals surface area (Å²) in [6, 6.07) is 10.4. The topological polar surface area (TPSA) is 91.7 Å². The number of rotatable bonds is 7. The van der Waals surface area contributed by atoms with E-state index in [4.69, 9.17) is 14.2 Å². The smallest absolute Gasteiger partial charge is 0.416 e. The average Bonchev–Trinajstić information content (AvgIpc) is 2.79. The van der Waals surface area contributed by atoms with E-state index in [1.165, 1.54) is 33.5 Å². The van der Waals surface area contributed by atoms with E-state index in [0.29, 0.717) is 22.8 Å². The Morgan fingerprint density at radius 2 is 1.67 bits per heavy atom. The minimum Gasteiger partial charge on any atom is -0.497 e. The van der Waals surface area contributed by atoms with Crippen LogP contribution in [0.2, 0.25) is 0 Å². The molecule has 0 aliphatic carbocycles. The lowest BCUT2D eigenvalue weighted by atomic mass is 10.1. The summed E-state index contributed by atoms with van der Waals surface area (Å²) in [5.41, 5.74) is -0.871. The van der Waals surface area contributed by atoms with Crippen LogP contribution >= 0.6 is 0 Å². The fourth-order valence-corrected chi connectivity index (χ4v) is 3.03. The molecule has 0 spiro atoms. The Kier molecular flexibility index (Phi) is 6.90. The fraction of sp³-hybridized carbons (Fsp3) is 0.227. The Bertz CT molecular complexity index is 1220. The highest BCUT2D eigenvalue weighted by Crippen LogP contribution is 2.35. The van der Waals surface area contributed by atoms with Crippen molar-refractivity contribution in [2.45, 2.75) is 12.7 Å². The van der Waals surface area contributed by atoms with Crippen LogP contribution < -0.4 is 25.1 Å². The van der Waals surface area contributed by atoms with E-state index in [1.807, 2.05) is 0 Å². The van der Waals surface area contributed by atoms with Crippen LogP contribution in [0.15, 0.2) is 53.3 Å². The molecule has 0 saturated carbocycles. The molecular weight excluding hydrogens is 443 g/mol. The van der Waals surface area contributed by atoms with Gasteiger partial charge >= 0.3 is 6.18 Å². The van der Waals surface area contributed by atoms with Crippen LogP contribution in [-0.2, 0) is 17.5 Å². The molecule has 3 rings (SSSR count). The quantitative estimate of drug-likeness (QED) is 0.576. The van der Waals surface area contributed by atoms with Gasteiger partial charge in [-0.2, -0.15) is 18.3 Å². The molecule has 2 aromatic carbocycles. The number of amides is 1. The van der Waals surface area contributed by atoms with Crippen molar-refractivity contribution in [1.82, 2.24) is 9.78 Å². The number of ether oxygens (including phenoxy) is 3. The molecule has 33 heavy (non-hydrogen) atoms. The van der Waals surface area contributed by atoms with E-state index >= 15 is 0 Å². The van der Waals surface area contributed by atoms with Crippen molar-refractivity contribution in [3.05, 3.63) is 64.4 Å². The summed E-state index contributed by atoms with van der Waals surface area (Å²) in [5.74, 6) is 0.259. The van der Waals surface area contributed by atoms with Crippen LogP contribution in [0.1, 0.15) is 5.56 Å². The predicted molar refractivity (Wildman–Crippen MR) is 114 cm³/mol. The number of nitrogens with one attached hydrogen (secondary N) is 1. The molecule has 0 bridgehead atoms. The number of hydrogen-bond donors (Lipinski definition) is 1. The Morgan fingerprint density at radius 1 is 0.970 bits per heavy atom. The minimum absolute atomic E-state index is 0.0338. The summed E-state index contributed by atoms with van der Waals surface area (Å²) < 4.78 is 55.5. The molecule has 0 radical (unpaired) electrons. The molecular formula is C22H20F3N3O5. The Balaban J connectivity index is 1.90. The number of alkyl halides is 3. The molecule has 1 heterocycles. The van der Waals surface area contributed by atoms with Gasteiger partial charge in [-0.25, -0.2) is 4.68 Å². The number of anilines is 1. The maximum Gasteiger partial charge on any atom is 0.416 e. The minimum atomic E-state index is -4.60. The van der Waals surface area contributed by atoms with Gasteiger partial charge in [-0.1, -0.05) is 0 Å². The van der Waals surface area contributed by atoms with Crippen LogP contribution in [0.4, 0.5) is 18.9 Å². The third-order valence-corrected chi connectivity index (χ3v) is 4.64. The molecule has 0 saturated heterocycles. The van der Waals surface area contributed by atoms with Gasteiger partial charge in [0.15, 0.2) is 0 Å². The molecule has 1 aromatic heterocycles. The monoisotopic (exact) mass is 463 g/mol. The highest BCUT2D eigenvalue weighted by atomic mass is 19.4. The number of halogens is 3. The fourth-order valence-electron chi connectivity index (χ4n) is 3.03. The Hall–Kier alpha value is -4.02. The van der Waals surface area contributed by atoms with Gasteiger partial charge in [0, 0.05) is 11.6 Å². The average molecular weight is 463 g/mol. The molecule has 0 unspecified atom stereocenters. The second-order valence-corrected chi connectivity index (χ2v) is 6.74. The maximum absolute atomic E-state index is 13.0. The molecule has 0 aliphatic rings. The first kappa shape index (κ1) is 23.6. The lowest BCUT2D eigenvalue weighted by molar-refractivity contribution is -0.137. The standard InChI is InChI=1S/C22H20F3N3O5/c1-31-14-5-8-18(32-2)15(11-14)16-6-9-21(30)28(27-16)12-20(29)26-17-10-13(22(23,24)25)4-7-19(17)33-3/h4-11H,12H2,1-3H3,(H,26,29). The summed E-state index contributed by atoms with van der Waals surface area (Å²) in [4.78, 5) is 24.8. The molecule has 174 valence electrons. The first-order chi connectivity index (χ1) is 15.7. The molecule has 1 amide bonds. The molecule has 0 fully saturated rings. The molecule has 3 aromatic rings. The van der Waals surface area contributed by atoms with Gasteiger partial charge in [-0.3, -0.25) is 9.59 Å². The van der Waals surface area contributed by atoms with Crippen molar-refractivity contribution in [3.8, 4) is 28.5 Å². The first-order valence-corrected chi connectivity index (χ1v) is 9.52. The Labute approximate surface area is 186 Å². The summed E-state index contributed by atoms with van der Waals surface area (Å²) in [7, 11) is 4.22. The number of nitrogens with zero attached hydrogens (tertiary/aromatic N) is 2. The van der Waals surface area contributed by atoms with E-state index in [-0.39, 0.29) is 11.4 Å². The summed E-state index contributed by atoms with van der Waals surface area (Å²) in [5, 5.41) is 6.55. The van der Waals surface area contributed by atoms with Crippen molar-refractivity contribution in [2.75, 3.05) is 26.6 Å². The first-order valence-electron chi connectivity index (χ1n) is 9.52. The van der Waals surface area contributed by atoms with E-state index < -0.39 is 29.8 Å². The van der Waals surface area contributed by atoms with Crippen molar-refractivity contribution in [3.63, 3.8) is 0 Å². The van der Waals surface area contributed by atoms with Crippen LogP contribution in [0.25, 0.3) is 11.3 Å². The SMILES string of the molecule is COc1ccc(OC)c(-c2ccc(=O)n(CC(=O)Nc3cc(C(F)(F)F)ccc3OC)n2)c1. The maximum atomic E-state index is 13.0. The summed E-state index contributed by atoms with van der Waals surface area (Å²) in [6.07, 6.45) is -4.60. The van der Waals surface area contributed by atoms with Crippen molar-refractivity contribution in [2.24, 2.45) is 0 Å². The number of benzene rings is 2. The second kappa shape index (κ2) is 9.63. The number of carbonyl (C=O) groups is 1. The van der Waals surface area contributed by atoms with E-state index in [2.05, 4.69) is 10.4 Å². The lowest BCUT2D eigenvalue weighted by Gasteiger charge is -2.14. The van der Waals surface area contributed by atoms with Crippen molar-refractivity contribution < 1.29 is 32.2 Å². The van der Waals surface area contributed by atoms with Crippen molar-refractivity contribution >= 4 is 11.6 Å². The van der Waals surface area contributed by atoms with Gasteiger partial charge in [0.2, 0.25) is 5.91 Å². The van der Waals surface area contributed by atoms with Crippen LogP contribution in [0.3, 0.4) is 0 Å². The third kappa shape index (κ3) is 5.43. The largest absolute Gasteiger partial charge is 0.497 e. The molecule has 8 nitrogen and oxygen atoms in total. The Morgan fingerprint density at radius 3 is 2.30 bits per heavy atom. The molecule has 11 heteroatoms. The van der Waals surface area contributed by atoms with Gasteiger partial charge in [-0.15, -0.1) is 0 Å². The molecule has 0 atom stereocenters. The highest BCUT2D eigenvalue weighted by Gasteiger charge is 2.31. The number of methoxy groups -OCH3 is 3. The second-order valence-electron chi connectivity index (χ2n) is 6.74. The lowest BCUT2D eigenvalue weighted by Crippen LogP contribution is -2.29. The van der Waals surface area contributed by atoms with Crippen LogP contribution in [0, 0.1) is 0 Å². The molecule has 1 N–H and O–H groups in total. The zero-order valence-electron chi connectivity index (χ0n) is 17.9. The third-order valence-electron chi connectivity index (χ3n) is 4.64. The van der Waals surface area contributed by atoms with Crippen LogP contribution in [-0.4, -0.2) is 37.0 Å². The van der Waals surface area contributed by atoms with Gasteiger partial charge in [-0.05, 0) is 42.5 Å². The van der Waals surface area contributed by atoms with Gasteiger partial charge in [0.25, 0.3) is 5.56 Å². The van der Waals surface area contributed by atoms with Crippen LogP contribution in [0.5, 0.6) is 17.2 Å². The van der Waals surface area contributed by atoms with Crippen molar-refractivity contribution in [1.29, 1.82) is 0 Å². The van der Waals surface area contributed by atoms with E-state index in [9.17, 15) is 22.8 Å². The summed E-state index contributed by atoms with van der Waals surface area (Å²) >= 11 is 0. The number of hydrogen-bond acceptors (Lipinski definition) is 6. The predicted octanol–water partition coefficient (Wildman–Crippen LogP) is 3.59. The summed E-state index contributed by atoms with van der Waals surface area (Å²) in [6.45, 7) is -0.543. The highest BCUT2D eigenvalue weighted by molar-refractivity contribution is 5.92. The zero-order valence-corrected chi connectivity index (χ0v) is 17.9. The normalized spacial score (nSPS) is 11.1. The van der Waals surface area contributed by atoms with E-state index in [1.54, 1.807) is 18.2 Å². The zero-order chi connectivity index (χ0) is 24.2. The van der Waals surface area contributed by atoms with Gasteiger partial charge in [0.05, 0.1) is 38.3 Å². The van der Waals surface area contributed by atoms with Gasteiger partial charge < -0.3 is 19.5 Å². The molecule has 0 aliphatic heterocycles. The number of aromatic nitrogens is 2. The number of carbonyl (C=O) groups excluding carboxylic acids is 1. The van der Waals surface area contributed by atoms with E-state index in [0.717, 1.165) is 22.9 Å². The van der Waals surface area contributed by atoms with Gasteiger partial charge in [0.1, 0.15) is 23.8 Å².